The van der Waals surface area contributed by atoms with Crippen LogP contribution in [0.15, 0.2) is 22.7 Å². The molecule has 1 fully saturated rings. The molecule has 3 heteroatoms. The number of nitrogens with one attached hydrogen (secondary N) is 1. The molecule has 0 spiro atoms. The Kier molecular flexibility index (Phi) is 3.55. The normalized spacial score (nSPS) is 25.9. The van der Waals surface area contributed by atoms with Crippen molar-refractivity contribution in [2.75, 3.05) is 18.0 Å². The first-order valence-electron chi connectivity index (χ1n) is 5.84. The fourth-order valence-electron chi connectivity index (χ4n) is 2.14. The van der Waals surface area contributed by atoms with Gasteiger partial charge >= 0.3 is 0 Å². The zero-order chi connectivity index (χ0) is 11.7. The van der Waals surface area contributed by atoms with E-state index in [4.69, 9.17) is 0 Å². The topological polar surface area (TPSA) is 15.3 Å². The zero-order valence-electron chi connectivity index (χ0n) is 10.1. The number of rotatable bonds is 1. The van der Waals surface area contributed by atoms with Crippen LogP contribution in [0.25, 0.3) is 0 Å². The minimum Gasteiger partial charge on any atom is -0.366 e. The van der Waals surface area contributed by atoms with Crippen LogP contribution < -0.4 is 10.2 Å². The molecule has 1 heterocycles. The predicted octanol–water partition coefficient (Wildman–Crippen LogP) is 2.94. The third-order valence-corrected chi connectivity index (χ3v) is 4.11. The molecule has 1 aliphatic heterocycles. The van der Waals surface area contributed by atoms with Gasteiger partial charge in [0.05, 0.1) is 0 Å². The van der Waals surface area contributed by atoms with Gasteiger partial charge in [-0.25, -0.2) is 0 Å². The van der Waals surface area contributed by atoms with Gasteiger partial charge in [0.2, 0.25) is 0 Å². The summed E-state index contributed by atoms with van der Waals surface area (Å²) >= 11 is 3.61. The van der Waals surface area contributed by atoms with Gasteiger partial charge in [-0.15, -0.1) is 0 Å². The fourth-order valence-corrected chi connectivity index (χ4v) is 2.51. The van der Waals surface area contributed by atoms with E-state index in [-0.39, 0.29) is 0 Å². The van der Waals surface area contributed by atoms with Gasteiger partial charge in [0.15, 0.2) is 0 Å². The lowest BCUT2D eigenvalue weighted by atomic mass is 10.1. The summed E-state index contributed by atoms with van der Waals surface area (Å²) in [6.07, 6.45) is 0. The lowest BCUT2D eigenvalue weighted by molar-refractivity contribution is 0.425. The largest absolute Gasteiger partial charge is 0.366 e. The van der Waals surface area contributed by atoms with Crippen molar-refractivity contribution < 1.29 is 0 Å². The molecule has 0 bridgehead atoms. The highest BCUT2D eigenvalue weighted by Gasteiger charge is 2.22. The van der Waals surface area contributed by atoms with E-state index in [1.807, 2.05) is 0 Å². The van der Waals surface area contributed by atoms with E-state index < -0.39 is 0 Å². The van der Waals surface area contributed by atoms with Gasteiger partial charge in [0, 0.05) is 35.3 Å². The van der Waals surface area contributed by atoms with E-state index in [9.17, 15) is 0 Å². The van der Waals surface area contributed by atoms with Crippen LogP contribution in [0.3, 0.4) is 0 Å². The lowest BCUT2D eigenvalue weighted by Gasteiger charge is -2.39. The molecule has 1 aromatic rings. The van der Waals surface area contributed by atoms with Gasteiger partial charge in [0.25, 0.3) is 0 Å². The minimum atomic E-state index is 0.561. The van der Waals surface area contributed by atoms with Crippen molar-refractivity contribution in [2.24, 2.45) is 0 Å². The quantitative estimate of drug-likeness (QED) is 0.852. The van der Waals surface area contributed by atoms with Crippen LogP contribution in [0.2, 0.25) is 0 Å². The molecule has 16 heavy (non-hydrogen) atoms. The number of aryl methyl sites for hydroxylation is 1. The molecule has 2 rings (SSSR count). The first kappa shape index (κ1) is 11.9. The van der Waals surface area contributed by atoms with Crippen molar-refractivity contribution in [3.8, 4) is 0 Å². The van der Waals surface area contributed by atoms with Gasteiger partial charge in [-0.1, -0.05) is 22.0 Å². The van der Waals surface area contributed by atoms with Crippen LogP contribution in [-0.2, 0) is 0 Å². The second kappa shape index (κ2) is 4.76. The molecule has 1 aliphatic rings. The number of nitrogens with zero attached hydrogens (tertiary/aromatic N) is 1. The Balaban J connectivity index is 2.24. The maximum atomic E-state index is 3.61. The van der Waals surface area contributed by atoms with Crippen LogP contribution in [0, 0.1) is 6.92 Å². The van der Waals surface area contributed by atoms with E-state index in [0.29, 0.717) is 12.1 Å². The minimum absolute atomic E-state index is 0.561. The molecular weight excluding hydrogens is 264 g/mol. The third-order valence-electron chi connectivity index (χ3n) is 3.25. The Hall–Kier alpha value is -0.540. The molecule has 0 amide bonds. The van der Waals surface area contributed by atoms with Crippen molar-refractivity contribution in [2.45, 2.75) is 32.9 Å². The average Bonchev–Trinajstić information content (AvgIpc) is 2.26. The highest BCUT2D eigenvalue weighted by molar-refractivity contribution is 9.10. The molecule has 2 atom stereocenters. The molecule has 0 saturated carbocycles. The van der Waals surface area contributed by atoms with E-state index in [1.54, 1.807) is 0 Å². The number of piperazine rings is 1. The van der Waals surface area contributed by atoms with Crippen molar-refractivity contribution >= 4 is 21.6 Å². The summed E-state index contributed by atoms with van der Waals surface area (Å²) in [7, 11) is 0. The number of anilines is 1. The van der Waals surface area contributed by atoms with Crippen molar-refractivity contribution in [1.29, 1.82) is 0 Å². The van der Waals surface area contributed by atoms with Crippen molar-refractivity contribution in [3.05, 3.63) is 28.2 Å². The standard InChI is InChI=1S/C13H19BrN2/c1-9-4-5-12(6-13(9)14)16-8-10(2)15-7-11(16)3/h4-6,10-11,15H,7-8H2,1-3H3. The summed E-state index contributed by atoms with van der Waals surface area (Å²) in [4.78, 5) is 2.48. The van der Waals surface area contributed by atoms with Crippen LogP contribution >= 0.6 is 15.9 Å². The van der Waals surface area contributed by atoms with Gasteiger partial charge in [0.1, 0.15) is 0 Å². The molecule has 0 aromatic heterocycles. The summed E-state index contributed by atoms with van der Waals surface area (Å²) in [5.41, 5.74) is 2.61. The Morgan fingerprint density at radius 3 is 2.81 bits per heavy atom. The molecule has 0 aliphatic carbocycles. The molecule has 1 N–H and O–H groups in total. The van der Waals surface area contributed by atoms with E-state index in [2.05, 4.69) is 65.1 Å². The molecule has 0 radical (unpaired) electrons. The van der Waals surface area contributed by atoms with Crippen LogP contribution in [0.1, 0.15) is 19.4 Å². The first-order valence-corrected chi connectivity index (χ1v) is 6.63. The first-order chi connectivity index (χ1) is 7.58. The Bertz CT molecular complexity index is 378. The molecule has 1 saturated heterocycles. The van der Waals surface area contributed by atoms with Gasteiger partial charge in [-0.05, 0) is 38.5 Å². The summed E-state index contributed by atoms with van der Waals surface area (Å²) < 4.78 is 1.20. The van der Waals surface area contributed by atoms with Crippen molar-refractivity contribution in [3.63, 3.8) is 0 Å². The molecular formula is C13H19BrN2. The fraction of sp³-hybridized carbons (Fsp3) is 0.538. The van der Waals surface area contributed by atoms with Crippen LogP contribution in [0.5, 0.6) is 0 Å². The predicted molar refractivity (Wildman–Crippen MR) is 73.2 cm³/mol. The molecule has 88 valence electrons. The van der Waals surface area contributed by atoms with E-state index in [1.165, 1.54) is 15.7 Å². The van der Waals surface area contributed by atoms with Crippen LogP contribution in [0.4, 0.5) is 5.69 Å². The summed E-state index contributed by atoms with van der Waals surface area (Å²) in [5.74, 6) is 0. The Labute approximate surface area is 106 Å². The summed E-state index contributed by atoms with van der Waals surface area (Å²) in [5, 5.41) is 3.50. The Morgan fingerprint density at radius 2 is 2.12 bits per heavy atom. The molecule has 2 unspecified atom stereocenters. The number of hydrogen-bond acceptors (Lipinski definition) is 2. The van der Waals surface area contributed by atoms with Crippen molar-refractivity contribution in [1.82, 2.24) is 5.32 Å². The maximum absolute atomic E-state index is 3.61. The number of hydrogen-bond donors (Lipinski definition) is 1. The maximum Gasteiger partial charge on any atom is 0.0387 e. The second-order valence-corrected chi connectivity index (χ2v) is 5.60. The van der Waals surface area contributed by atoms with E-state index in [0.717, 1.165) is 13.1 Å². The zero-order valence-corrected chi connectivity index (χ0v) is 11.7. The third kappa shape index (κ3) is 2.41. The molecule has 2 nitrogen and oxygen atoms in total. The van der Waals surface area contributed by atoms with Gasteiger partial charge in [-0.2, -0.15) is 0 Å². The highest BCUT2D eigenvalue weighted by Crippen LogP contribution is 2.26. The average molecular weight is 283 g/mol. The summed E-state index contributed by atoms with van der Waals surface area (Å²) in [6, 6.07) is 7.75. The second-order valence-electron chi connectivity index (χ2n) is 4.74. The Morgan fingerprint density at radius 1 is 1.38 bits per heavy atom. The SMILES string of the molecule is Cc1ccc(N2CC(C)NCC2C)cc1Br. The summed E-state index contributed by atoms with van der Waals surface area (Å²) in [6.45, 7) is 8.77. The number of halogens is 1. The van der Waals surface area contributed by atoms with Gasteiger partial charge in [-0.3, -0.25) is 0 Å². The van der Waals surface area contributed by atoms with Gasteiger partial charge < -0.3 is 10.2 Å². The monoisotopic (exact) mass is 282 g/mol. The highest BCUT2D eigenvalue weighted by atomic mass is 79.9. The lowest BCUT2D eigenvalue weighted by Crippen LogP contribution is -2.54. The molecule has 1 aromatic carbocycles. The number of benzene rings is 1. The van der Waals surface area contributed by atoms with Crippen LogP contribution in [-0.4, -0.2) is 25.2 Å². The van der Waals surface area contributed by atoms with E-state index >= 15 is 0 Å². The smallest absolute Gasteiger partial charge is 0.0387 e.